The van der Waals surface area contributed by atoms with Gasteiger partial charge in [0.1, 0.15) is 0 Å². The maximum absolute atomic E-state index is 10.2. The molecule has 0 aromatic carbocycles. The number of H-pyrrole nitrogens is 1. The summed E-state index contributed by atoms with van der Waals surface area (Å²) in [5, 5.41) is 10.2. The zero-order chi connectivity index (χ0) is 7.72. The molecule has 4 heteroatoms. The highest BCUT2D eigenvalue weighted by Gasteiger charge is 2.10. The highest BCUT2D eigenvalue weighted by Crippen LogP contribution is 2.15. The van der Waals surface area contributed by atoms with Gasteiger partial charge in [0.05, 0.1) is 5.69 Å². The van der Waals surface area contributed by atoms with Crippen LogP contribution in [0.2, 0.25) is 0 Å². The molecule has 4 nitrogen and oxygen atoms in total. The summed E-state index contributed by atoms with van der Waals surface area (Å²) in [6.07, 6.45) is 0. The van der Waals surface area contributed by atoms with Crippen molar-refractivity contribution in [3.05, 3.63) is 27.4 Å². The Morgan fingerprint density at radius 3 is 2.40 bits per heavy atom. The predicted octanol–water partition coefficient (Wildman–Crippen LogP) is 1.54. The van der Waals surface area contributed by atoms with Crippen molar-refractivity contribution >= 4 is 5.82 Å². The van der Waals surface area contributed by atoms with Gasteiger partial charge in [0.25, 0.3) is 0 Å². The van der Waals surface area contributed by atoms with Gasteiger partial charge in [-0.1, -0.05) is 0 Å². The fourth-order valence-corrected chi connectivity index (χ4v) is 0.904. The van der Waals surface area contributed by atoms with E-state index in [2.05, 4.69) is 4.98 Å². The van der Waals surface area contributed by atoms with Crippen molar-refractivity contribution in [2.24, 2.45) is 0 Å². The van der Waals surface area contributed by atoms with Gasteiger partial charge in [0.2, 0.25) is 0 Å². The van der Waals surface area contributed by atoms with E-state index in [-0.39, 0.29) is 5.82 Å². The Kier molecular flexibility index (Phi) is 1.45. The van der Waals surface area contributed by atoms with Crippen LogP contribution in [0.4, 0.5) is 5.82 Å². The molecule has 0 spiro atoms. The van der Waals surface area contributed by atoms with Crippen molar-refractivity contribution in [2.45, 2.75) is 13.8 Å². The summed E-state index contributed by atoms with van der Waals surface area (Å²) >= 11 is 0. The largest absolute Gasteiger partial charge is 0.358 e. The number of aromatic amines is 1. The lowest BCUT2D eigenvalue weighted by Gasteiger charge is -1.89. The van der Waals surface area contributed by atoms with E-state index in [1.54, 1.807) is 19.9 Å². The molecule has 10 heavy (non-hydrogen) atoms. The standard InChI is InChI=1S/C6H8N2O2/c1-4-3-5(2)7-6(4)8(9)10/h3,7H,1-2H3. The molecule has 1 aromatic heterocycles. The van der Waals surface area contributed by atoms with E-state index in [0.717, 1.165) is 5.69 Å². The van der Waals surface area contributed by atoms with Crippen molar-refractivity contribution in [3.63, 3.8) is 0 Å². The molecule has 1 rings (SSSR count). The number of aromatic nitrogens is 1. The minimum atomic E-state index is -0.414. The lowest BCUT2D eigenvalue weighted by Crippen LogP contribution is -1.89. The number of rotatable bonds is 1. The van der Waals surface area contributed by atoms with Gasteiger partial charge in [0, 0.05) is 5.56 Å². The van der Waals surface area contributed by atoms with Crippen LogP contribution in [-0.2, 0) is 0 Å². The molecule has 54 valence electrons. The first-order chi connectivity index (χ1) is 4.61. The van der Waals surface area contributed by atoms with Crippen LogP contribution < -0.4 is 0 Å². The van der Waals surface area contributed by atoms with Gasteiger partial charge in [-0.25, -0.2) is 4.98 Å². The summed E-state index contributed by atoms with van der Waals surface area (Å²) in [5.74, 6) is 0.0949. The number of nitro groups is 1. The number of nitrogens with one attached hydrogen (secondary N) is 1. The fraction of sp³-hybridized carbons (Fsp3) is 0.333. The lowest BCUT2D eigenvalue weighted by molar-refractivity contribution is -0.389. The summed E-state index contributed by atoms with van der Waals surface area (Å²) in [6.45, 7) is 3.50. The molecule has 0 amide bonds. The van der Waals surface area contributed by atoms with Crippen molar-refractivity contribution in [1.29, 1.82) is 0 Å². The average molecular weight is 140 g/mol. The molecule has 0 aliphatic carbocycles. The molecule has 1 heterocycles. The molecule has 0 bridgehead atoms. The molecule has 0 aliphatic rings. The molecule has 1 N–H and O–H groups in total. The van der Waals surface area contributed by atoms with Crippen molar-refractivity contribution in [2.75, 3.05) is 0 Å². The second kappa shape index (κ2) is 2.13. The zero-order valence-electron chi connectivity index (χ0n) is 5.84. The number of hydrogen-bond donors (Lipinski definition) is 1. The van der Waals surface area contributed by atoms with Crippen LogP contribution >= 0.6 is 0 Å². The quantitative estimate of drug-likeness (QED) is 0.475. The number of hydrogen-bond acceptors (Lipinski definition) is 2. The van der Waals surface area contributed by atoms with Gasteiger partial charge < -0.3 is 10.1 Å². The van der Waals surface area contributed by atoms with Crippen LogP contribution in [0.1, 0.15) is 11.3 Å². The van der Waals surface area contributed by atoms with E-state index in [0.29, 0.717) is 5.56 Å². The van der Waals surface area contributed by atoms with Crippen LogP contribution in [0.25, 0.3) is 0 Å². The Morgan fingerprint density at radius 1 is 1.60 bits per heavy atom. The van der Waals surface area contributed by atoms with E-state index in [1.807, 2.05) is 0 Å². The van der Waals surface area contributed by atoms with Gasteiger partial charge in [-0.3, -0.25) is 0 Å². The molecule has 0 saturated heterocycles. The lowest BCUT2D eigenvalue weighted by atomic mass is 10.3. The third kappa shape index (κ3) is 1.00. The van der Waals surface area contributed by atoms with Gasteiger partial charge >= 0.3 is 5.82 Å². The minimum absolute atomic E-state index is 0.0949. The second-order valence-electron chi connectivity index (χ2n) is 2.24. The first kappa shape index (κ1) is 6.80. The predicted molar refractivity (Wildman–Crippen MR) is 36.9 cm³/mol. The van der Waals surface area contributed by atoms with Crippen LogP contribution in [-0.4, -0.2) is 9.91 Å². The average Bonchev–Trinajstić information content (AvgIpc) is 2.10. The minimum Gasteiger partial charge on any atom is -0.358 e. The third-order valence-corrected chi connectivity index (χ3v) is 1.30. The van der Waals surface area contributed by atoms with Gasteiger partial charge in [-0.05, 0) is 24.8 Å². The van der Waals surface area contributed by atoms with E-state index in [1.165, 1.54) is 0 Å². The Labute approximate surface area is 58.0 Å². The topological polar surface area (TPSA) is 58.9 Å². The van der Waals surface area contributed by atoms with E-state index >= 15 is 0 Å². The number of nitrogens with zero attached hydrogens (tertiary/aromatic N) is 1. The molecule has 0 aliphatic heterocycles. The van der Waals surface area contributed by atoms with Crippen molar-refractivity contribution in [3.8, 4) is 0 Å². The summed E-state index contributed by atoms with van der Waals surface area (Å²) in [4.78, 5) is 12.4. The molecular formula is C6H8N2O2. The molecule has 1 aromatic rings. The molecule has 0 fully saturated rings. The number of aryl methyl sites for hydroxylation is 2. The highest BCUT2D eigenvalue weighted by molar-refractivity contribution is 5.34. The van der Waals surface area contributed by atoms with Gasteiger partial charge in [-0.2, -0.15) is 0 Å². The molecule has 0 saturated carbocycles. The Balaban J connectivity index is 3.15. The van der Waals surface area contributed by atoms with Crippen molar-refractivity contribution < 1.29 is 4.92 Å². The van der Waals surface area contributed by atoms with Gasteiger partial charge in [0.15, 0.2) is 0 Å². The van der Waals surface area contributed by atoms with Crippen molar-refractivity contribution in [1.82, 2.24) is 4.98 Å². The van der Waals surface area contributed by atoms with Crippen LogP contribution in [0.3, 0.4) is 0 Å². The van der Waals surface area contributed by atoms with E-state index in [9.17, 15) is 10.1 Å². The molecular weight excluding hydrogens is 132 g/mol. The SMILES string of the molecule is Cc1cc(C)c([N+](=O)[O-])[nH]1. The summed E-state index contributed by atoms with van der Waals surface area (Å²) in [5.41, 5.74) is 1.51. The molecule has 0 atom stereocenters. The smallest absolute Gasteiger partial charge is 0.323 e. The molecule has 0 unspecified atom stereocenters. The van der Waals surface area contributed by atoms with Crippen LogP contribution in [0.15, 0.2) is 6.07 Å². The highest BCUT2D eigenvalue weighted by atomic mass is 16.6. The molecule has 0 radical (unpaired) electrons. The first-order valence-corrected chi connectivity index (χ1v) is 2.92. The summed E-state index contributed by atoms with van der Waals surface area (Å²) < 4.78 is 0. The first-order valence-electron chi connectivity index (χ1n) is 2.92. The second-order valence-corrected chi connectivity index (χ2v) is 2.24. The Morgan fingerprint density at radius 2 is 2.20 bits per heavy atom. The van der Waals surface area contributed by atoms with E-state index < -0.39 is 4.92 Å². The van der Waals surface area contributed by atoms with Gasteiger partial charge in [-0.15, -0.1) is 0 Å². The zero-order valence-corrected chi connectivity index (χ0v) is 5.84. The maximum Gasteiger partial charge on any atom is 0.323 e. The van der Waals surface area contributed by atoms with E-state index in [4.69, 9.17) is 0 Å². The fourth-order valence-electron chi connectivity index (χ4n) is 0.904. The summed E-state index contributed by atoms with van der Waals surface area (Å²) in [6, 6.07) is 1.75. The van der Waals surface area contributed by atoms with Crippen LogP contribution in [0.5, 0.6) is 0 Å². The summed E-state index contributed by atoms with van der Waals surface area (Å²) in [7, 11) is 0. The Hall–Kier alpha value is -1.32. The monoisotopic (exact) mass is 140 g/mol. The maximum atomic E-state index is 10.2. The van der Waals surface area contributed by atoms with Crippen LogP contribution in [0, 0.1) is 24.0 Å². The normalized spacial score (nSPS) is 9.80. The Bertz CT molecular complexity index is 265. The third-order valence-electron chi connectivity index (χ3n) is 1.30.